The molecule has 0 saturated carbocycles. The van der Waals surface area contributed by atoms with Crippen LogP contribution in [-0.2, 0) is 13.0 Å². The number of nitrogens with one attached hydrogen (secondary N) is 2. The molecule has 3 N–H and O–H groups in total. The van der Waals surface area contributed by atoms with Crippen molar-refractivity contribution in [3.63, 3.8) is 0 Å². The van der Waals surface area contributed by atoms with Gasteiger partial charge in [-0.1, -0.05) is 36.4 Å². The topological polar surface area (TPSA) is 85.4 Å². The largest absolute Gasteiger partial charge is 0.387 e. The van der Waals surface area contributed by atoms with Crippen LogP contribution in [0.5, 0.6) is 0 Å². The summed E-state index contributed by atoms with van der Waals surface area (Å²) in [6, 6.07) is 12.5. The first-order chi connectivity index (χ1) is 14.5. The van der Waals surface area contributed by atoms with Gasteiger partial charge in [0, 0.05) is 30.9 Å². The summed E-state index contributed by atoms with van der Waals surface area (Å²) >= 11 is 0. The van der Waals surface area contributed by atoms with Crippen LogP contribution < -0.4 is 10.9 Å². The van der Waals surface area contributed by atoms with E-state index in [0.29, 0.717) is 24.3 Å². The van der Waals surface area contributed by atoms with E-state index < -0.39 is 6.10 Å². The zero-order valence-electron chi connectivity index (χ0n) is 17.3. The van der Waals surface area contributed by atoms with Crippen LogP contribution in [0, 0.1) is 0 Å². The summed E-state index contributed by atoms with van der Waals surface area (Å²) in [7, 11) is 1.72. The third-order valence-electron chi connectivity index (χ3n) is 5.19. The van der Waals surface area contributed by atoms with Crippen molar-refractivity contribution in [2.45, 2.75) is 31.9 Å². The van der Waals surface area contributed by atoms with Gasteiger partial charge in [0.15, 0.2) is 0 Å². The molecular weight excluding hydrogens is 378 g/mol. The van der Waals surface area contributed by atoms with Crippen molar-refractivity contribution in [3.8, 4) is 0 Å². The van der Waals surface area contributed by atoms with Crippen LogP contribution >= 0.6 is 0 Å². The molecule has 1 aliphatic carbocycles. The van der Waals surface area contributed by atoms with Gasteiger partial charge in [-0.15, -0.1) is 0 Å². The number of allylic oxidation sites excluding steroid dienone is 3. The summed E-state index contributed by atoms with van der Waals surface area (Å²) in [4.78, 5) is 28.3. The molecule has 2 aromatic rings. The number of amides is 1. The second kappa shape index (κ2) is 10.7. The highest BCUT2D eigenvalue weighted by molar-refractivity contribution is 5.94. The number of aliphatic hydroxyl groups is 1. The number of carbonyl (C=O) groups excluding carboxylic acids is 1. The number of hydrogen-bond acceptors (Lipinski definition) is 4. The second-order valence-electron chi connectivity index (χ2n) is 7.58. The van der Waals surface area contributed by atoms with Gasteiger partial charge in [0.25, 0.3) is 5.91 Å². The minimum atomic E-state index is -0.440. The van der Waals surface area contributed by atoms with Crippen LogP contribution in [0.25, 0.3) is 0 Å². The van der Waals surface area contributed by atoms with Gasteiger partial charge in [-0.05, 0) is 55.1 Å². The minimum Gasteiger partial charge on any atom is -0.387 e. The van der Waals surface area contributed by atoms with Crippen molar-refractivity contribution in [3.05, 3.63) is 93.4 Å². The molecule has 3 rings (SSSR count). The Balaban J connectivity index is 1.44. The fourth-order valence-electron chi connectivity index (χ4n) is 3.45. The zero-order valence-corrected chi connectivity index (χ0v) is 17.3. The molecule has 1 amide bonds. The Hall–Kier alpha value is -2.96. The third-order valence-corrected chi connectivity index (χ3v) is 5.19. The second-order valence-corrected chi connectivity index (χ2v) is 7.58. The average molecular weight is 408 g/mol. The first-order valence-electron chi connectivity index (χ1n) is 10.3. The molecule has 1 unspecified atom stereocenters. The Labute approximate surface area is 176 Å². The van der Waals surface area contributed by atoms with Crippen LogP contribution in [0.2, 0.25) is 0 Å². The Morgan fingerprint density at radius 1 is 1.23 bits per heavy atom. The van der Waals surface area contributed by atoms with Crippen LogP contribution in [0.15, 0.2) is 71.1 Å². The molecule has 0 saturated heterocycles. The summed E-state index contributed by atoms with van der Waals surface area (Å²) < 4.78 is 0. The van der Waals surface area contributed by atoms with E-state index >= 15 is 0 Å². The monoisotopic (exact) mass is 407 g/mol. The van der Waals surface area contributed by atoms with Crippen molar-refractivity contribution in [1.82, 2.24) is 15.2 Å². The molecule has 1 aromatic heterocycles. The van der Waals surface area contributed by atoms with Crippen LogP contribution in [0.1, 0.15) is 34.5 Å². The van der Waals surface area contributed by atoms with E-state index in [1.165, 1.54) is 6.07 Å². The standard InChI is InChI=1S/C24H29N3O3/c1-27(17-21-8-5-9-23(29)26-21)24(30)20-12-10-18(11-13-20)14-15-25-16-22(28)19-6-3-2-4-7-19/h2-3,5-6,8-13,22,25,28H,4,7,14-17H2,1H3,(H,26,29). The lowest BCUT2D eigenvalue weighted by Gasteiger charge is -2.18. The number of rotatable bonds is 9. The van der Waals surface area contributed by atoms with Gasteiger partial charge in [-0.3, -0.25) is 9.59 Å². The van der Waals surface area contributed by atoms with E-state index in [9.17, 15) is 14.7 Å². The van der Waals surface area contributed by atoms with E-state index in [1.807, 2.05) is 36.4 Å². The number of aliphatic hydroxyl groups excluding tert-OH is 1. The van der Waals surface area contributed by atoms with Gasteiger partial charge in [-0.2, -0.15) is 0 Å². The van der Waals surface area contributed by atoms with E-state index in [2.05, 4.69) is 16.4 Å². The van der Waals surface area contributed by atoms with E-state index in [4.69, 9.17) is 0 Å². The zero-order chi connectivity index (χ0) is 21.3. The fourth-order valence-corrected chi connectivity index (χ4v) is 3.45. The summed E-state index contributed by atoms with van der Waals surface area (Å²) in [5, 5.41) is 13.5. The quantitative estimate of drug-likeness (QED) is 0.558. The minimum absolute atomic E-state index is 0.0951. The van der Waals surface area contributed by atoms with Crippen molar-refractivity contribution in [2.75, 3.05) is 20.1 Å². The number of aromatic nitrogens is 1. The van der Waals surface area contributed by atoms with E-state index in [0.717, 1.165) is 36.9 Å². The fraction of sp³-hybridized carbons (Fsp3) is 0.333. The van der Waals surface area contributed by atoms with Crippen LogP contribution in [0.3, 0.4) is 0 Å². The number of H-pyrrole nitrogens is 1. The maximum absolute atomic E-state index is 12.6. The maximum Gasteiger partial charge on any atom is 0.253 e. The molecule has 0 bridgehead atoms. The van der Waals surface area contributed by atoms with Gasteiger partial charge < -0.3 is 20.3 Å². The third kappa shape index (κ3) is 6.27. The molecule has 0 aliphatic heterocycles. The number of benzene rings is 1. The Morgan fingerprint density at radius 2 is 2.03 bits per heavy atom. The highest BCUT2D eigenvalue weighted by Crippen LogP contribution is 2.15. The lowest BCUT2D eigenvalue weighted by molar-refractivity contribution is 0.0783. The number of pyridine rings is 1. The lowest BCUT2D eigenvalue weighted by Crippen LogP contribution is -2.30. The van der Waals surface area contributed by atoms with Gasteiger partial charge in [0.1, 0.15) is 0 Å². The van der Waals surface area contributed by atoms with Crippen LogP contribution in [-0.4, -0.2) is 47.1 Å². The predicted octanol–water partition coefficient (Wildman–Crippen LogP) is 2.42. The summed E-state index contributed by atoms with van der Waals surface area (Å²) in [6.07, 6.45) is 8.40. The number of nitrogens with zero attached hydrogens (tertiary/aromatic N) is 1. The number of hydrogen-bond donors (Lipinski definition) is 3. The Morgan fingerprint density at radius 3 is 2.73 bits per heavy atom. The number of aromatic amines is 1. The van der Waals surface area contributed by atoms with E-state index in [1.54, 1.807) is 24.1 Å². The predicted molar refractivity (Wildman–Crippen MR) is 118 cm³/mol. The summed E-state index contributed by atoms with van der Waals surface area (Å²) in [6.45, 7) is 1.65. The molecule has 6 nitrogen and oxygen atoms in total. The van der Waals surface area contributed by atoms with Crippen LogP contribution in [0.4, 0.5) is 0 Å². The van der Waals surface area contributed by atoms with Crippen molar-refractivity contribution < 1.29 is 9.90 Å². The molecule has 1 heterocycles. The molecule has 158 valence electrons. The highest BCUT2D eigenvalue weighted by atomic mass is 16.3. The average Bonchev–Trinajstić information content (AvgIpc) is 2.77. The summed E-state index contributed by atoms with van der Waals surface area (Å²) in [5.41, 5.74) is 3.34. The smallest absolute Gasteiger partial charge is 0.253 e. The van der Waals surface area contributed by atoms with Gasteiger partial charge in [-0.25, -0.2) is 0 Å². The normalized spacial score (nSPS) is 14.3. The van der Waals surface area contributed by atoms with Gasteiger partial charge >= 0.3 is 0 Å². The molecule has 30 heavy (non-hydrogen) atoms. The van der Waals surface area contributed by atoms with Gasteiger partial charge in [0.05, 0.1) is 12.6 Å². The van der Waals surface area contributed by atoms with Gasteiger partial charge in [0.2, 0.25) is 5.56 Å². The van der Waals surface area contributed by atoms with Crippen molar-refractivity contribution in [1.29, 1.82) is 0 Å². The molecule has 0 radical (unpaired) electrons. The van der Waals surface area contributed by atoms with Crippen molar-refractivity contribution in [2.24, 2.45) is 0 Å². The molecular formula is C24H29N3O3. The molecule has 0 fully saturated rings. The first kappa shape index (κ1) is 21.7. The Kier molecular flexibility index (Phi) is 7.76. The molecule has 6 heteroatoms. The van der Waals surface area contributed by atoms with E-state index in [-0.39, 0.29) is 11.5 Å². The summed E-state index contributed by atoms with van der Waals surface area (Å²) in [5.74, 6) is -0.0951. The highest BCUT2D eigenvalue weighted by Gasteiger charge is 2.13. The lowest BCUT2D eigenvalue weighted by atomic mass is 10.00. The number of carbonyl (C=O) groups is 1. The molecule has 1 atom stereocenters. The van der Waals surface area contributed by atoms with Crippen molar-refractivity contribution >= 4 is 5.91 Å². The Bertz CT molecular complexity index is 960. The maximum atomic E-state index is 12.6. The SMILES string of the molecule is CN(Cc1cccc(=O)[nH]1)C(=O)c1ccc(CCNCC(O)C2=CC=CCC2)cc1. The first-order valence-corrected chi connectivity index (χ1v) is 10.3. The molecule has 1 aromatic carbocycles. The molecule has 1 aliphatic rings. The molecule has 0 spiro atoms.